The van der Waals surface area contributed by atoms with Gasteiger partial charge < -0.3 is 79.8 Å². The van der Waals surface area contributed by atoms with E-state index in [1.807, 2.05) is 73.7 Å². The molecule has 764 valence electrons. The van der Waals surface area contributed by atoms with Gasteiger partial charge in [-0.3, -0.25) is 28.8 Å². The van der Waals surface area contributed by atoms with Gasteiger partial charge >= 0.3 is 0 Å². The van der Waals surface area contributed by atoms with Gasteiger partial charge in [0.1, 0.15) is 104 Å². The van der Waals surface area contributed by atoms with Gasteiger partial charge in [0.05, 0.1) is 33.4 Å². The highest BCUT2D eigenvalue weighted by Gasteiger charge is 2.33. The van der Waals surface area contributed by atoms with Gasteiger partial charge in [0.25, 0.3) is 0 Å². The molecule has 33 heteroatoms. The van der Waals surface area contributed by atoms with Crippen LogP contribution in [0, 0.1) is 33.6 Å². The number of piperazine rings is 3. The third-order valence-corrected chi connectivity index (χ3v) is 27.5. The number of nitrogen functional groups attached to an aromatic ring is 6. The number of carbonyl (C=O) groups is 6. The van der Waals surface area contributed by atoms with Crippen LogP contribution in [0.2, 0.25) is 0 Å². The van der Waals surface area contributed by atoms with Crippen LogP contribution in [-0.2, 0) is 6.42 Å². The lowest BCUT2D eigenvalue weighted by molar-refractivity contribution is 0.102. The SMILES string of the molecule is C=Cc1cnc(N)c(C(=O)c2cccc(N3CCNC[C@H]3C)n2)c1.CC(C)[C@@H]1CCCCN1c1cccc(C(=O)c2cccnc2N)n1.CC[C@@H]1CNCCN1c1cccc(C(=O)c2cccnc2N)n1.C[C@H]1CCC[C@H](C)N1c1cccc(C(=O)c2cccnc2N)n1.Cc1cc(C)c(CC2CN(c3cccc(C(=O)c4cccnc4N)n3)CCN2)c(C)c1.Cc1ccc(C(=O)c2cccnc2N)nc1N1CCCCC1. The number of piperidine rings is 3. The molecular formula is C114H137N27O6. The molecule has 147 heavy (non-hydrogen) atoms. The standard InChI is InChI=1S/C25H29N5O.C19H24N4O.C18H21N5O.C18H22N4O.C17H21N5O.C17H20N4O/c1-16-12-17(2)21(18(3)13-16)14-19-15-30(11-10-27-19)23-8-4-7-22(29-23)24(31)20-6-5-9-28-25(20)26;1-13(2)16-9-3-4-12-23(16)17-10-5-8-15(22-17)18(24)14-7-6-11-21-19(14)20;1-3-13-9-14(18(19)21-11-13)17(24)15-5-4-6-16(22-15)23-8-7-20-10-12(23)2;1-12-6-3-7-13(2)22(12)16-10-4-9-15(21-16)17(23)14-8-5-11-20-18(14)19;1-2-12-11-19-9-10-22(12)15-7-3-6-14(21-15)16(23)13-5-4-8-20-17(13)18;1-12-7-8-14(15(22)13-6-5-9-19-16(13)18)20-17(12)21-10-3-2-4-11-21/h4-9,12-13,19,27H,10-11,14-15H2,1-3H3,(H2,26,28);5-8,10-11,13,16H,3-4,9,12H2,1-2H3,(H2,20,21);3-6,9,11-12,20H,1,7-8,10H2,2H3,(H2,19,21);4-5,8-13H,3,6-7H2,1-2H3,(H2,19,20);3-8,12,19H,2,9-11H2,1H3,(H2,18,20);5-9H,2-4,10-11H2,1H3,(H2,18,19)/t;16-;12-;12-,13-;12-;/m.0101./s1. The summed E-state index contributed by atoms with van der Waals surface area (Å²) in [4.78, 5) is 142. The average Bonchev–Trinajstić information content (AvgIpc) is 0.800. The number of nitrogens with zero attached hydrogens (tertiary/aromatic N) is 18. The van der Waals surface area contributed by atoms with E-state index < -0.39 is 0 Å². The summed E-state index contributed by atoms with van der Waals surface area (Å²) < 4.78 is 0. The Balaban J connectivity index is 0.000000140. The van der Waals surface area contributed by atoms with Gasteiger partial charge in [-0.15, -0.1) is 0 Å². The van der Waals surface area contributed by atoms with Crippen LogP contribution >= 0.6 is 0 Å². The number of aryl methyl sites for hydroxylation is 4. The predicted molar refractivity (Wildman–Crippen MR) is 586 cm³/mol. The molecule has 1 unspecified atom stereocenters. The second-order valence-electron chi connectivity index (χ2n) is 38.3. The van der Waals surface area contributed by atoms with Crippen molar-refractivity contribution in [2.45, 2.75) is 176 Å². The molecule has 15 N–H and O–H groups in total. The van der Waals surface area contributed by atoms with Crippen LogP contribution in [0.4, 0.5) is 69.8 Å². The molecule has 6 aliphatic rings. The number of hydrogen-bond acceptors (Lipinski definition) is 33. The molecule has 33 nitrogen and oxygen atoms in total. The molecule has 1 aromatic carbocycles. The van der Waals surface area contributed by atoms with Crippen LogP contribution in [0.15, 0.2) is 226 Å². The molecule has 0 aliphatic carbocycles. The fourth-order valence-electron chi connectivity index (χ4n) is 19.6. The molecule has 0 bridgehead atoms. The van der Waals surface area contributed by atoms with Gasteiger partial charge in [0.2, 0.25) is 34.7 Å². The number of benzene rings is 1. The number of anilines is 12. The normalized spacial score (nSPS) is 17.6. The van der Waals surface area contributed by atoms with E-state index in [0.29, 0.717) is 110 Å². The van der Waals surface area contributed by atoms with Crippen molar-refractivity contribution in [2.24, 2.45) is 5.92 Å². The maximum absolute atomic E-state index is 12.9. The number of nitrogens with one attached hydrogen (secondary N) is 3. The zero-order chi connectivity index (χ0) is 104. The average molecular weight is 1980 g/mol. The molecule has 0 amide bonds. The molecule has 13 aromatic rings. The highest BCUT2D eigenvalue weighted by atomic mass is 16.1. The number of pyridine rings is 12. The summed E-state index contributed by atoms with van der Waals surface area (Å²) in [5.41, 5.74) is 47.0. The number of ketones is 6. The van der Waals surface area contributed by atoms with Gasteiger partial charge in [0, 0.05) is 152 Å². The monoisotopic (exact) mass is 1980 g/mol. The number of rotatable bonds is 23. The van der Waals surface area contributed by atoms with Gasteiger partial charge in [-0.25, -0.2) is 59.8 Å². The van der Waals surface area contributed by atoms with Crippen molar-refractivity contribution < 1.29 is 28.8 Å². The molecule has 12 aromatic heterocycles. The van der Waals surface area contributed by atoms with Gasteiger partial charge in [-0.1, -0.05) is 87.5 Å². The topological polar surface area (TPSA) is 469 Å². The fraction of sp³-hybridized carbons (Fsp3) is 0.351. The largest absolute Gasteiger partial charge is 0.383 e. The molecule has 6 aliphatic heterocycles. The third kappa shape index (κ3) is 27.3. The first-order valence-corrected chi connectivity index (χ1v) is 50.9. The Morgan fingerprint density at radius 2 is 0.810 bits per heavy atom. The lowest BCUT2D eigenvalue weighted by Gasteiger charge is -2.40. The Morgan fingerprint density at radius 3 is 1.27 bits per heavy atom. The molecule has 0 saturated carbocycles. The number of nitrogens with two attached hydrogens (primary N) is 6. The zero-order valence-corrected chi connectivity index (χ0v) is 85.8. The first-order chi connectivity index (χ1) is 71.0. The van der Waals surface area contributed by atoms with Gasteiger partial charge in [-0.05, 0) is 286 Å². The summed E-state index contributed by atoms with van der Waals surface area (Å²) in [6.45, 7) is 36.4. The van der Waals surface area contributed by atoms with Crippen LogP contribution < -0.4 is 79.8 Å². The Kier molecular flexibility index (Phi) is 37.2. The van der Waals surface area contributed by atoms with Crippen LogP contribution in [-0.4, -0.2) is 209 Å². The van der Waals surface area contributed by atoms with E-state index in [1.165, 1.54) is 67.2 Å². The summed E-state index contributed by atoms with van der Waals surface area (Å²) in [7, 11) is 0. The van der Waals surface area contributed by atoms with Crippen molar-refractivity contribution >= 4 is 111 Å². The molecule has 6 fully saturated rings. The highest BCUT2D eigenvalue weighted by Crippen LogP contribution is 2.34. The Bertz CT molecular complexity index is 6740. The molecule has 0 radical (unpaired) electrons. The van der Waals surface area contributed by atoms with Crippen molar-refractivity contribution in [2.75, 3.05) is 142 Å². The van der Waals surface area contributed by atoms with Gasteiger partial charge in [0.15, 0.2) is 0 Å². The van der Waals surface area contributed by atoms with Crippen LogP contribution in [0.1, 0.15) is 235 Å². The first-order valence-electron chi connectivity index (χ1n) is 50.9. The molecular weight excluding hydrogens is 1840 g/mol. The number of hydrogen-bond donors (Lipinski definition) is 9. The summed E-state index contributed by atoms with van der Waals surface area (Å²) >= 11 is 0. The van der Waals surface area contributed by atoms with E-state index >= 15 is 0 Å². The Labute approximate surface area is 861 Å². The summed E-state index contributed by atoms with van der Waals surface area (Å²) in [5, 5.41) is 10.4. The van der Waals surface area contributed by atoms with Crippen molar-refractivity contribution in [3.05, 3.63) is 327 Å². The first kappa shape index (κ1) is 107. The summed E-state index contributed by atoms with van der Waals surface area (Å²) in [6, 6.07) is 57.1. The number of aromatic nitrogens is 12. The van der Waals surface area contributed by atoms with E-state index in [1.54, 1.807) is 146 Å². The zero-order valence-electron chi connectivity index (χ0n) is 85.8. The molecule has 0 spiro atoms. The lowest BCUT2D eigenvalue weighted by Crippen LogP contribution is -2.52. The maximum Gasteiger partial charge on any atom is 0.215 e. The second-order valence-corrected chi connectivity index (χ2v) is 38.3. The minimum absolute atomic E-state index is 0.177. The summed E-state index contributed by atoms with van der Waals surface area (Å²) in [6.07, 6.45) is 23.9. The van der Waals surface area contributed by atoms with E-state index in [4.69, 9.17) is 34.4 Å². The third-order valence-electron chi connectivity index (χ3n) is 27.5. The van der Waals surface area contributed by atoms with Gasteiger partial charge in [-0.2, -0.15) is 0 Å². The predicted octanol–water partition coefficient (Wildman–Crippen LogP) is 15.4. The fourth-order valence-corrected chi connectivity index (χ4v) is 19.6. The van der Waals surface area contributed by atoms with Crippen LogP contribution in [0.25, 0.3) is 6.08 Å². The maximum atomic E-state index is 12.9. The van der Waals surface area contributed by atoms with E-state index in [9.17, 15) is 28.8 Å². The minimum Gasteiger partial charge on any atom is -0.383 e. The molecule has 6 atom stereocenters. The quantitative estimate of drug-likeness (QED) is 0.0269. The van der Waals surface area contributed by atoms with E-state index in [-0.39, 0.29) is 69.6 Å². The second kappa shape index (κ2) is 51.2. The van der Waals surface area contributed by atoms with Crippen molar-refractivity contribution in [3.8, 4) is 0 Å². The smallest absolute Gasteiger partial charge is 0.215 e. The minimum atomic E-state index is -0.228. The van der Waals surface area contributed by atoms with E-state index in [0.717, 1.165) is 150 Å². The molecule has 18 heterocycles. The Hall–Kier alpha value is -15.7. The van der Waals surface area contributed by atoms with Crippen molar-refractivity contribution in [1.82, 2.24) is 75.8 Å². The molecule has 6 saturated heterocycles. The highest BCUT2D eigenvalue weighted by molar-refractivity contribution is 6.14. The van der Waals surface area contributed by atoms with E-state index in [2.05, 4.69) is 186 Å². The number of carbonyl (C=O) groups excluding carboxylic acids is 6. The lowest BCUT2D eigenvalue weighted by atomic mass is 9.93. The van der Waals surface area contributed by atoms with Crippen LogP contribution in [0.5, 0.6) is 0 Å². The Morgan fingerprint density at radius 1 is 0.395 bits per heavy atom. The van der Waals surface area contributed by atoms with Crippen molar-refractivity contribution in [1.29, 1.82) is 0 Å². The van der Waals surface area contributed by atoms with Crippen molar-refractivity contribution in [3.63, 3.8) is 0 Å². The molecule has 19 rings (SSSR count). The summed E-state index contributed by atoms with van der Waals surface area (Å²) in [5.74, 6) is 5.89. The van der Waals surface area contributed by atoms with Crippen LogP contribution in [0.3, 0.4) is 0 Å².